The molecule has 0 saturated heterocycles. The van der Waals surface area contributed by atoms with Crippen LogP contribution in [0.5, 0.6) is 0 Å². The number of nitrogen functional groups attached to an aromatic ring is 1. The minimum absolute atomic E-state index is 0.586. The average Bonchev–Trinajstić information content (AvgIpc) is 2.69. The Balaban J connectivity index is 2.02. The Morgan fingerprint density at radius 1 is 1.19 bits per heavy atom. The van der Waals surface area contributed by atoms with E-state index >= 15 is 0 Å². The van der Waals surface area contributed by atoms with Gasteiger partial charge in [0.1, 0.15) is 5.82 Å². The highest BCUT2D eigenvalue weighted by Gasteiger charge is 2.06. The number of benzene rings is 1. The van der Waals surface area contributed by atoms with Crippen molar-refractivity contribution in [1.82, 2.24) is 14.8 Å². The van der Waals surface area contributed by atoms with Crippen LogP contribution in [0.25, 0.3) is 0 Å². The van der Waals surface area contributed by atoms with E-state index in [9.17, 15) is 0 Å². The Kier molecular flexibility index (Phi) is 3.16. The number of hydrogen-bond donors (Lipinski definition) is 2. The highest BCUT2D eigenvalue weighted by Crippen LogP contribution is 2.07. The molecule has 5 nitrogen and oxygen atoms in total. The zero-order valence-corrected chi connectivity index (χ0v) is 9.22. The SMILES string of the molecule is Cn1c(CCc2ccccc2)nnc1NN. The summed E-state index contributed by atoms with van der Waals surface area (Å²) in [7, 11) is 1.90. The third-order valence-electron chi connectivity index (χ3n) is 2.57. The van der Waals surface area contributed by atoms with Crippen LogP contribution in [0.1, 0.15) is 11.4 Å². The quantitative estimate of drug-likeness (QED) is 0.589. The van der Waals surface area contributed by atoms with E-state index in [4.69, 9.17) is 5.84 Å². The topological polar surface area (TPSA) is 68.8 Å². The lowest BCUT2D eigenvalue weighted by atomic mass is 10.1. The van der Waals surface area contributed by atoms with Crippen LogP contribution in [-0.2, 0) is 19.9 Å². The van der Waals surface area contributed by atoms with Crippen LogP contribution < -0.4 is 11.3 Å². The average molecular weight is 217 g/mol. The van der Waals surface area contributed by atoms with E-state index in [0.717, 1.165) is 18.7 Å². The fourth-order valence-electron chi connectivity index (χ4n) is 1.61. The monoisotopic (exact) mass is 217 g/mol. The summed E-state index contributed by atoms with van der Waals surface area (Å²) in [6, 6.07) is 10.3. The molecule has 0 spiro atoms. The summed E-state index contributed by atoms with van der Waals surface area (Å²) in [4.78, 5) is 0. The molecule has 0 amide bonds. The molecule has 0 atom stereocenters. The lowest BCUT2D eigenvalue weighted by molar-refractivity contribution is 0.771. The molecule has 0 bridgehead atoms. The molecule has 16 heavy (non-hydrogen) atoms. The summed E-state index contributed by atoms with van der Waals surface area (Å²) in [6.45, 7) is 0. The van der Waals surface area contributed by atoms with Crippen molar-refractivity contribution in [3.05, 3.63) is 41.7 Å². The second kappa shape index (κ2) is 4.76. The van der Waals surface area contributed by atoms with Gasteiger partial charge in [0, 0.05) is 13.5 Å². The zero-order chi connectivity index (χ0) is 11.4. The first-order valence-electron chi connectivity index (χ1n) is 5.20. The minimum Gasteiger partial charge on any atom is -0.300 e. The Morgan fingerprint density at radius 2 is 1.94 bits per heavy atom. The normalized spacial score (nSPS) is 10.4. The van der Waals surface area contributed by atoms with Crippen molar-refractivity contribution in [2.75, 3.05) is 5.43 Å². The van der Waals surface area contributed by atoms with Gasteiger partial charge in [0.05, 0.1) is 0 Å². The Labute approximate surface area is 94.3 Å². The van der Waals surface area contributed by atoms with Crippen molar-refractivity contribution >= 4 is 5.95 Å². The van der Waals surface area contributed by atoms with Gasteiger partial charge in [-0.3, -0.25) is 9.99 Å². The number of nitrogens with zero attached hydrogens (tertiary/aromatic N) is 3. The lowest BCUT2D eigenvalue weighted by Crippen LogP contribution is -2.12. The van der Waals surface area contributed by atoms with Gasteiger partial charge in [-0.2, -0.15) is 0 Å². The lowest BCUT2D eigenvalue weighted by Gasteiger charge is -2.03. The molecular formula is C11H15N5. The molecule has 5 heteroatoms. The van der Waals surface area contributed by atoms with E-state index in [1.165, 1.54) is 5.56 Å². The highest BCUT2D eigenvalue weighted by atomic mass is 15.4. The number of hydrogen-bond acceptors (Lipinski definition) is 4. The van der Waals surface area contributed by atoms with Crippen molar-refractivity contribution in [1.29, 1.82) is 0 Å². The number of nitrogens with two attached hydrogens (primary N) is 1. The van der Waals surface area contributed by atoms with Crippen LogP contribution in [-0.4, -0.2) is 14.8 Å². The second-order valence-electron chi connectivity index (χ2n) is 3.63. The summed E-state index contributed by atoms with van der Waals surface area (Å²) >= 11 is 0. The molecule has 84 valence electrons. The number of rotatable bonds is 4. The van der Waals surface area contributed by atoms with E-state index in [1.807, 2.05) is 29.8 Å². The van der Waals surface area contributed by atoms with Crippen LogP contribution in [0, 0.1) is 0 Å². The number of hydrazine groups is 1. The van der Waals surface area contributed by atoms with Gasteiger partial charge in [0.25, 0.3) is 0 Å². The molecule has 2 rings (SSSR count). The standard InChI is InChI=1S/C11H15N5/c1-16-10(14-15-11(16)13-12)8-7-9-5-3-2-4-6-9/h2-6H,7-8,12H2,1H3,(H,13,15). The van der Waals surface area contributed by atoms with E-state index in [0.29, 0.717) is 5.95 Å². The molecule has 1 aromatic heterocycles. The van der Waals surface area contributed by atoms with E-state index < -0.39 is 0 Å². The summed E-state index contributed by atoms with van der Waals surface area (Å²) in [6.07, 6.45) is 1.81. The maximum absolute atomic E-state index is 5.30. The Morgan fingerprint density at radius 3 is 2.56 bits per heavy atom. The van der Waals surface area contributed by atoms with Crippen LogP contribution in [0.3, 0.4) is 0 Å². The number of aromatic nitrogens is 3. The molecule has 0 aliphatic carbocycles. The van der Waals surface area contributed by atoms with Gasteiger partial charge < -0.3 is 0 Å². The fraction of sp³-hybridized carbons (Fsp3) is 0.273. The van der Waals surface area contributed by atoms with Gasteiger partial charge in [-0.05, 0) is 12.0 Å². The van der Waals surface area contributed by atoms with Gasteiger partial charge in [-0.25, -0.2) is 5.84 Å². The summed E-state index contributed by atoms with van der Waals surface area (Å²) in [5.74, 6) is 6.81. The molecule has 0 aliphatic heterocycles. The van der Waals surface area contributed by atoms with Crippen molar-refractivity contribution < 1.29 is 0 Å². The molecule has 0 saturated carbocycles. The molecule has 0 fully saturated rings. The zero-order valence-electron chi connectivity index (χ0n) is 9.22. The largest absolute Gasteiger partial charge is 0.300 e. The molecule has 2 aromatic rings. The third-order valence-corrected chi connectivity index (χ3v) is 2.57. The highest BCUT2D eigenvalue weighted by molar-refractivity contribution is 5.23. The number of nitrogens with one attached hydrogen (secondary N) is 1. The molecule has 0 unspecified atom stereocenters. The predicted molar refractivity (Wildman–Crippen MR) is 62.7 cm³/mol. The van der Waals surface area contributed by atoms with Crippen LogP contribution in [0.15, 0.2) is 30.3 Å². The molecule has 0 aliphatic rings. The van der Waals surface area contributed by atoms with Gasteiger partial charge in [0.15, 0.2) is 0 Å². The van der Waals surface area contributed by atoms with Gasteiger partial charge in [0.2, 0.25) is 5.95 Å². The van der Waals surface area contributed by atoms with E-state index in [1.54, 1.807) is 0 Å². The maximum atomic E-state index is 5.30. The molecule has 3 N–H and O–H groups in total. The van der Waals surface area contributed by atoms with Gasteiger partial charge in [-0.1, -0.05) is 30.3 Å². The molecular weight excluding hydrogens is 202 g/mol. The van der Waals surface area contributed by atoms with Crippen LogP contribution >= 0.6 is 0 Å². The first kappa shape index (κ1) is 10.6. The van der Waals surface area contributed by atoms with Crippen molar-refractivity contribution in [2.24, 2.45) is 12.9 Å². The van der Waals surface area contributed by atoms with Crippen molar-refractivity contribution in [3.63, 3.8) is 0 Å². The van der Waals surface area contributed by atoms with E-state index in [2.05, 4.69) is 27.8 Å². The van der Waals surface area contributed by atoms with Crippen LogP contribution in [0.2, 0.25) is 0 Å². The summed E-state index contributed by atoms with van der Waals surface area (Å²) in [5.41, 5.74) is 3.80. The maximum Gasteiger partial charge on any atom is 0.238 e. The first-order valence-corrected chi connectivity index (χ1v) is 5.20. The predicted octanol–water partition coefficient (Wildman–Crippen LogP) is 0.886. The summed E-state index contributed by atoms with van der Waals surface area (Å²) < 4.78 is 1.86. The van der Waals surface area contributed by atoms with Crippen molar-refractivity contribution in [3.8, 4) is 0 Å². The Hall–Kier alpha value is -1.88. The first-order chi connectivity index (χ1) is 7.81. The van der Waals surface area contributed by atoms with Gasteiger partial charge in [-0.15, -0.1) is 10.2 Å². The summed E-state index contributed by atoms with van der Waals surface area (Å²) in [5, 5.41) is 8.00. The van der Waals surface area contributed by atoms with E-state index in [-0.39, 0.29) is 0 Å². The van der Waals surface area contributed by atoms with Gasteiger partial charge >= 0.3 is 0 Å². The van der Waals surface area contributed by atoms with Crippen LogP contribution in [0.4, 0.5) is 5.95 Å². The second-order valence-corrected chi connectivity index (χ2v) is 3.63. The minimum atomic E-state index is 0.586. The molecule has 1 heterocycles. The smallest absolute Gasteiger partial charge is 0.238 e. The molecule has 1 aromatic carbocycles. The fourth-order valence-corrected chi connectivity index (χ4v) is 1.61. The van der Waals surface area contributed by atoms with Crippen molar-refractivity contribution in [2.45, 2.75) is 12.8 Å². The third kappa shape index (κ3) is 2.20. The molecule has 0 radical (unpaired) electrons. The number of anilines is 1. The number of aryl methyl sites for hydroxylation is 2. The Bertz CT molecular complexity index is 449.